The van der Waals surface area contributed by atoms with Crippen LogP contribution in [0.25, 0.3) is 0 Å². The predicted molar refractivity (Wildman–Crippen MR) is 65.4 cm³/mol. The Balaban J connectivity index is 1.75. The maximum absolute atomic E-state index is 5.44. The molecule has 1 saturated heterocycles. The van der Waals surface area contributed by atoms with Crippen LogP contribution in [0, 0.1) is 0 Å². The summed E-state index contributed by atoms with van der Waals surface area (Å²) in [5.41, 5.74) is 0. The van der Waals surface area contributed by atoms with Crippen molar-refractivity contribution in [1.82, 2.24) is 5.32 Å². The zero-order valence-electron chi connectivity index (χ0n) is 10.8. The first-order valence-electron chi connectivity index (χ1n) is 6.39. The van der Waals surface area contributed by atoms with Gasteiger partial charge < -0.3 is 24.3 Å². The molecule has 1 heterocycles. The van der Waals surface area contributed by atoms with Crippen LogP contribution in [0.2, 0.25) is 0 Å². The number of nitrogens with one attached hydrogen (secondary N) is 1. The molecule has 1 rings (SSSR count). The quantitative estimate of drug-likeness (QED) is 0.568. The number of rotatable bonds is 10. The zero-order valence-corrected chi connectivity index (χ0v) is 10.8. The van der Waals surface area contributed by atoms with Crippen LogP contribution in [0.5, 0.6) is 0 Å². The van der Waals surface area contributed by atoms with Gasteiger partial charge in [0.1, 0.15) is 0 Å². The Hall–Kier alpha value is -0.200. The van der Waals surface area contributed by atoms with E-state index in [0.717, 1.165) is 32.8 Å². The van der Waals surface area contributed by atoms with Crippen molar-refractivity contribution in [3.05, 3.63) is 0 Å². The van der Waals surface area contributed by atoms with E-state index in [1.165, 1.54) is 6.42 Å². The highest BCUT2D eigenvalue weighted by molar-refractivity contribution is 4.69. The summed E-state index contributed by atoms with van der Waals surface area (Å²) in [6.45, 7) is 5.91. The Morgan fingerprint density at radius 1 is 1.12 bits per heavy atom. The second-order valence-electron chi connectivity index (χ2n) is 4.09. The molecule has 0 aliphatic carbocycles. The fourth-order valence-electron chi connectivity index (χ4n) is 1.70. The summed E-state index contributed by atoms with van der Waals surface area (Å²) >= 11 is 0. The van der Waals surface area contributed by atoms with Crippen LogP contribution in [0.3, 0.4) is 0 Å². The highest BCUT2D eigenvalue weighted by Crippen LogP contribution is 2.04. The van der Waals surface area contributed by atoms with Crippen LogP contribution in [-0.2, 0) is 18.9 Å². The standard InChI is InChI=1S/C12H25NO4/c1-14-7-8-16-10-9-15-6-4-13-12-3-2-5-17-11-12/h12-13H,2-11H2,1H3. The van der Waals surface area contributed by atoms with E-state index in [0.29, 0.717) is 32.5 Å². The number of hydrogen-bond donors (Lipinski definition) is 1. The third-order valence-electron chi connectivity index (χ3n) is 2.64. The van der Waals surface area contributed by atoms with Gasteiger partial charge in [-0.2, -0.15) is 0 Å². The van der Waals surface area contributed by atoms with Gasteiger partial charge in [0.25, 0.3) is 0 Å². The van der Waals surface area contributed by atoms with E-state index in [4.69, 9.17) is 18.9 Å². The molecular formula is C12H25NO4. The maximum Gasteiger partial charge on any atom is 0.0701 e. The van der Waals surface area contributed by atoms with Crippen LogP contribution in [0.15, 0.2) is 0 Å². The van der Waals surface area contributed by atoms with Crippen LogP contribution < -0.4 is 5.32 Å². The van der Waals surface area contributed by atoms with E-state index in [-0.39, 0.29) is 0 Å². The van der Waals surface area contributed by atoms with E-state index >= 15 is 0 Å². The van der Waals surface area contributed by atoms with Crippen molar-refractivity contribution in [2.45, 2.75) is 18.9 Å². The second-order valence-corrected chi connectivity index (χ2v) is 4.09. The highest BCUT2D eigenvalue weighted by atomic mass is 16.5. The SMILES string of the molecule is COCCOCCOCCNC1CCCOC1. The topological polar surface area (TPSA) is 49.0 Å². The molecule has 0 saturated carbocycles. The number of methoxy groups -OCH3 is 1. The predicted octanol–water partition coefficient (Wildman–Crippen LogP) is 0.435. The van der Waals surface area contributed by atoms with Gasteiger partial charge in [0.15, 0.2) is 0 Å². The lowest BCUT2D eigenvalue weighted by Gasteiger charge is -2.23. The summed E-state index contributed by atoms with van der Waals surface area (Å²) in [4.78, 5) is 0. The van der Waals surface area contributed by atoms with E-state index in [2.05, 4.69) is 5.32 Å². The lowest BCUT2D eigenvalue weighted by molar-refractivity contribution is 0.0229. The number of hydrogen-bond acceptors (Lipinski definition) is 5. The van der Waals surface area contributed by atoms with Crippen molar-refractivity contribution in [3.8, 4) is 0 Å². The summed E-state index contributed by atoms with van der Waals surface area (Å²) in [7, 11) is 1.67. The van der Waals surface area contributed by atoms with Gasteiger partial charge >= 0.3 is 0 Å². The monoisotopic (exact) mass is 247 g/mol. The summed E-state index contributed by atoms with van der Waals surface area (Å²) in [5, 5.41) is 3.42. The minimum atomic E-state index is 0.505. The summed E-state index contributed by atoms with van der Waals surface area (Å²) in [5.74, 6) is 0. The first kappa shape index (κ1) is 14.9. The fraction of sp³-hybridized carbons (Fsp3) is 1.00. The molecular weight excluding hydrogens is 222 g/mol. The van der Waals surface area contributed by atoms with Crippen LogP contribution in [0.1, 0.15) is 12.8 Å². The summed E-state index contributed by atoms with van der Waals surface area (Å²) in [6.07, 6.45) is 2.37. The van der Waals surface area contributed by atoms with Gasteiger partial charge in [0, 0.05) is 26.3 Å². The molecule has 5 nitrogen and oxygen atoms in total. The zero-order chi connectivity index (χ0) is 12.2. The Kier molecular flexibility index (Phi) is 9.55. The van der Waals surface area contributed by atoms with Crippen molar-refractivity contribution < 1.29 is 18.9 Å². The third kappa shape index (κ3) is 8.51. The molecule has 1 N–H and O–H groups in total. The largest absolute Gasteiger partial charge is 0.382 e. The van der Waals surface area contributed by atoms with Crippen LogP contribution >= 0.6 is 0 Å². The molecule has 1 atom stereocenters. The van der Waals surface area contributed by atoms with Crippen molar-refractivity contribution in [1.29, 1.82) is 0 Å². The van der Waals surface area contributed by atoms with Gasteiger partial charge in [-0.1, -0.05) is 0 Å². The molecule has 0 bridgehead atoms. The van der Waals surface area contributed by atoms with Crippen LogP contribution in [-0.4, -0.2) is 65.9 Å². The Bertz CT molecular complexity index is 163. The van der Waals surface area contributed by atoms with Crippen molar-refractivity contribution in [2.24, 2.45) is 0 Å². The molecule has 1 aliphatic heterocycles. The molecule has 102 valence electrons. The van der Waals surface area contributed by atoms with Crippen molar-refractivity contribution in [2.75, 3.05) is 59.9 Å². The average molecular weight is 247 g/mol. The lowest BCUT2D eigenvalue weighted by Crippen LogP contribution is -2.38. The Labute approximate surface area is 104 Å². The molecule has 17 heavy (non-hydrogen) atoms. The van der Waals surface area contributed by atoms with E-state index in [9.17, 15) is 0 Å². The van der Waals surface area contributed by atoms with E-state index in [1.807, 2.05) is 0 Å². The molecule has 1 fully saturated rings. The molecule has 0 aromatic carbocycles. The molecule has 5 heteroatoms. The maximum atomic E-state index is 5.44. The molecule has 1 aliphatic rings. The highest BCUT2D eigenvalue weighted by Gasteiger charge is 2.11. The molecule has 0 spiro atoms. The lowest BCUT2D eigenvalue weighted by atomic mass is 10.1. The summed E-state index contributed by atoms with van der Waals surface area (Å²) in [6, 6.07) is 0.505. The Morgan fingerprint density at radius 3 is 2.59 bits per heavy atom. The van der Waals surface area contributed by atoms with Gasteiger partial charge in [0.05, 0.1) is 39.6 Å². The minimum Gasteiger partial charge on any atom is -0.382 e. The molecule has 1 unspecified atom stereocenters. The Morgan fingerprint density at radius 2 is 1.88 bits per heavy atom. The normalized spacial score (nSPS) is 20.6. The minimum absolute atomic E-state index is 0.505. The van der Waals surface area contributed by atoms with Crippen LogP contribution in [0.4, 0.5) is 0 Å². The van der Waals surface area contributed by atoms with Gasteiger partial charge in [-0.25, -0.2) is 0 Å². The first-order valence-corrected chi connectivity index (χ1v) is 6.39. The number of ether oxygens (including phenoxy) is 4. The smallest absolute Gasteiger partial charge is 0.0701 e. The second kappa shape index (κ2) is 10.9. The van der Waals surface area contributed by atoms with Gasteiger partial charge in [0.2, 0.25) is 0 Å². The first-order chi connectivity index (χ1) is 8.43. The van der Waals surface area contributed by atoms with Crippen molar-refractivity contribution in [3.63, 3.8) is 0 Å². The molecule has 0 aromatic heterocycles. The average Bonchev–Trinajstić information content (AvgIpc) is 2.38. The van der Waals surface area contributed by atoms with Gasteiger partial charge in [-0.3, -0.25) is 0 Å². The van der Waals surface area contributed by atoms with E-state index < -0.39 is 0 Å². The third-order valence-corrected chi connectivity index (χ3v) is 2.64. The van der Waals surface area contributed by atoms with Gasteiger partial charge in [-0.05, 0) is 12.8 Å². The van der Waals surface area contributed by atoms with E-state index in [1.54, 1.807) is 7.11 Å². The molecule has 0 aromatic rings. The fourth-order valence-corrected chi connectivity index (χ4v) is 1.70. The summed E-state index contributed by atoms with van der Waals surface area (Å²) < 4.78 is 21.0. The van der Waals surface area contributed by atoms with Gasteiger partial charge in [-0.15, -0.1) is 0 Å². The van der Waals surface area contributed by atoms with Crippen molar-refractivity contribution >= 4 is 0 Å². The molecule has 0 radical (unpaired) electrons. The molecule has 0 amide bonds.